The van der Waals surface area contributed by atoms with Crippen molar-refractivity contribution in [1.82, 2.24) is 10.6 Å². The molecule has 2 amide bonds. The predicted molar refractivity (Wildman–Crippen MR) is 111 cm³/mol. The van der Waals surface area contributed by atoms with E-state index in [1.54, 1.807) is 32.0 Å². The average Bonchev–Trinajstić information content (AvgIpc) is 3.47. The van der Waals surface area contributed by atoms with Crippen LogP contribution >= 0.6 is 23.2 Å². The maximum atomic E-state index is 13.2. The Morgan fingerprint density at radius 2 is 1.83 bits per heavy atom. The fourth-order valence-corrected chi connectivity index (χ4v) is 3.62. The first-order valence-electron chi connectivity index (χ1n) is 9.89. The number of benzene rings is 1. The number of carboxylic acids is 2. The zero-order valence-electron chi connectivity index (χ0n) is 17.5. The molecule has 0 aromatic heterocycles. The van der Waals surface area contributed by atoms with E-state index in [9.17, 15) is 24.3 Å². The summed E-state index contributed by atoms with van der Waals surface area (Å²) < 4.78 is 8.39. The van der Waals surface area contributed by atoms with Crippen LogP contribution in [0.2, 0.25) is 11.5 Å². The Morgan fingerprint density at radius 3 is 2.33 bits per heavy atom. The molecule has 1 aliphatic carbocycles. The lowest BCUT2D eigenvalue weighted by Crippen LogP contribution is -2.55. The molecule has 1 aromatic rings. The monoisotopic (exact) mass is 459 g/mol. The molecule has 0 saturated heterocycles. The van der Waals surface area contributed by atoms with E-state index < -0.39 is 53.6 Å². The van der Waals surface area contributed by atoms with Crippen LogP contribution in [0.5, 0.6) is 0 Å². The molecule has 1 aromatic carbocycles. The highest BCUT2D eigenvalue weighted by Crippen LogP contribution is 2.51. The molecule has 164 valence electrons. The quantitative estimate of drug-likeness (QED) is 0.424. The van der Waals surface area contributed by atoms with E-state index in [1.165, 1.54) is 0 Å². The summed E-state index contributed by atoms with van der Waals surface area (Å²) in [5.41, 5.74) is -0.580. The highest BCUT2D eigenvalue weighted by atomic mass is 35.5. The maximum Gasteiger partial charge on any atom is 0.326 e. The minimum Gasteiger partial charge on any atom is -0.481 e. The number of carbonyl (C=O) groups excluding carboxylic acids is 2. The Bertz CT molecular complexity index is 890. The van der Waals surface area contributed by atoms with E-state index in [4.69, 9.17) is 29.7 Å². The summed E-state index contributed by atoms with van der Waals surface area (Å²) in [6, 6.07) is 2.15. The van der Waals surface area contributed by atoms with Gasteiger partial charge < -0.3 is 20.8 Å². The van der Waals surface area contributed by atoms with Crippen LogP contribution < -0.4 is 10.6 Å². The van der Waals surface area contributed by atoms with Gasteiger partial charge in [0, 0.05) is 6.42 Å². The van der Waals surface area contributed by atoms with E-state index in [-0.39, 0.29) is 16.5 Å². The minimum absolute atomic E-state index is 0.216. The zero-order valence-corrected chi connectivity index (χ0v) is 18.0. The van der Waals surface area contributed by atoms with E-state index in [1.807, 2.05) is 0 Å². The van der Waals surface area contributed by atoms with Gasteiger partial charge >= 0.3 is 11.9 Å². The first-order chi connectivity index (χ1) is 14.4. The van der Waals surface area contributed by atoms with Crippen LogP contribution in [0.1, 0.15) is 45.1 Å². The van der Waals surface area contributed by atoms with Gasteiger partial charge in [-0.15, -0.1) is 0 Å². The van der Waals surface area contributed by atoms with Crippen molar-refractivity contribution in [2.75, 3.05) is 0 Å². The molecule has 2 rings (SSSR count). The molecule has 4 N–H and O–H groups in total. The van der Waals surface area contributed by atoms with Crippen LogP contribution in [-0.4, -0.2) is 46.0 Å². The van der Waals surface area contributed by atoms with Gasteiger partial charge in [0.1, 0.15) is 12.1 Å². The number of hydrogen-bond donors (Lipinski definition) is 4. The second-order valence-corrected chi connectivity index (χ2v) is 8.42. The molecular formula is C20H24Cl2N2O6. The highest BCUT2D eigenvalue weighted by molar-refractivity contribution is 6.42. The van der Waals surface area contributed by atoms with Crippen molar-refractivity contribution in [2.45, 2.75) is 57.0 Å². The van der Waals surface area contributed by atoms with Gasteiger partial charge in [-0.05, 0) is 36.8 Å². The van der Waals surface area contributed by atoms with E-state index in [0.717, 1.165) is 0 Å². The molecule has 2 atom stereocenters. The zero-order chi connectivity index (χ0) is 23.5. The summed E-state index contributed by atoms with van der Waals surface area (Å²) in [6.45, 7) is 3.25. The van der Waals surface area contributed by atoms with Crippen molar-refractivity contribution < 1.29 is 30.8 Å². The third-order valence-electron chi connectivity index (χ3n) is 5.04. The molecule has 8 nitrogen and oxygen atoms in total. The van der Waals surface area contributed by atoms with Gasteiger partial charge in [-0.3, -0.25) is 14.4 Å². The number of carboxylic acid groups (broad SMARTS) is 2. The van der Waals surface area contributed by atoms with E-state index >= 15 is 0 Å². The third-order valence-corrected chi connectivity index (χ3v) is 5.86. The van der Waals surface area contributed by atoms with Gasteiger partial charge in [0.25, 0.3) is 0 Å². The van der Waals surface area contributed by atoms with Crippen LogP contribution in [0.3, 0.4) is 0 Å². The molecule has 0 spiro atoms. The van der Waals surface area contributed by atoms with Gasteiger partial charge in [0.15, 0.2) is 1.41 Å². The smallest absolute Gasteiger partial charge is 0.326 e. The molecule has 0 radical (unpaired) electrons. The van der Waals surface area contributed by atoms with E-state index in [2.05, 4.69) is 5.32 Å². The number of hydrogen-bond acceptors (Lipinski definition) is 4. The average molecular weight is 460 g/mol. The normalized spacial score (nSPS) is 16.9. The lowest BCUT2D eigenvalue weighted by atomic mass is 9.93. The third kappa shape index (κ3) is 5.43. The minimum atomic E-state index is -1.45. The summed E-state index contributed by atoms with van der Waals surface area (Å²) in [7, 11) is 0. The van der Waals surface area contributed by atoms with Gasteiger partial charge in [-0.25, -0.2) is 4.79 Å². The lowest BCUT2D eigenvalue weighted by molar-refractivity contribution is -0.143. The van der Waals surface area contributed by atoms with Gasteiger partial charge in [-0.1, -0.05) is 49.2 Å². The summed E-state index contributed by atoms with van der Waals surface area (Å²) >= 11 is 12.3. The summed E-state index contributed by atoms with van der Waals surface area (Å²) in [4.78, 5) is 48.2. The van der Waals surface area contributed by atoms with Gasteiger partial charge in [-0.2, -0.15) is 0 Å². The number of aliphatic carboxylic acids is 2. The number of halogens is 2. The van der Waals surface area contributed by atoms with Crippen molar-refractivity contribution >= 4 is 47.0 Å². The number of rotatable bonds is 10. The van der Waals surface area contributed by atoms with Crippen LogP contribution in [0.15, 0.2) is 18.2 Å². The largest absolute Gasteiger partial charge is 0.481 e. The molecule has 0 unspecified atom stereocenters. The summed E-state index contributed by atoms with van der Waals surface area (Å²) in [5, 5.41) is 21.4. The topological polar surface area (TPSA) is 133 Å². The van der Waals surface area contributed by atoms with Crippen molar-refractivity contribution in [3.8, 4) is 0 Å². The van der Waals surface area contributed by atoms with E-state index in [0.29, 0.717) is 23.7 Å². The standard InChI is InChI=1S/C20H24Cl2N2O6/c1-10(2)16(17(27)23-13(18(28)29)6-7-14(25)26)24-19(30)20(8-9-20)11-4-3-5-12(21)15(11)22/h3-5,10,13,16H,6-9H2,1-2H3,(H,23,27)(H,24,30)(H,25,26)(H,28,29)/t13-,16-/m0/s1/i/hD. The van der Waals surface area contributed by atoms with Crippen LogP contribution in [-0.2, 0) is 24.6 Å². The highest BCUT2D eigenvalue weighted by Gasteiger charge is 2.53. The maximum absolute atomic E-state index is 13.2. The molecule has 0 bridgehead atoms. The molecular weight excluding hydrogens is 435 g/mol. The molecule has 0 heterocycles. The Kier molecular flexibility index (Phi) is 7.20. The summed E-state index contributed by atoms with van der Waals surface area (Å²) in [5.74, 6) is -4.59. The second kappa shape index (κ2) is 9.66. The van der Waals surface area contributed by atoms with Gasteiger partial charge in [0.05, 0.1) is 15.5 Å². The van der Waals surface area contributed by atoms with Crippen LogP contribution in [0, 0.1) is 5.92 Å². The van der Waals surface area contributed by atoms with Crippen molar-refractivity contribution in [2.24, 2.45) is 5.92 Å². The van der Waals surface area contributed by atoms with Crippen molar-refractivity contribution in [1.29, 1.82) is 0 Å². The first kappa shape index (κ1) is 22.4. The Hall–Kier alpha value is -2.32. The Morgan fingerprint density at radius 1 is 1.20 bits per heavy atom. The number of carbonyl (C=O) groups is 4. The van der Waals surface area contributed by atoms with Gasteiger partial charge in [0.2, 0.25) is 11.8 Å². The first-order valence-corrected chi connectivity index (χ1v) is 10.2. The fraction of sp³-hybridized carbons (Fsp3) is 0.500. The molecule has 1 saturated carbocycles. The number of nitrogens with one attached hydrogen (secondary N) is 2. The Balaban J connectivity index is 2.25. The SMILES string of the molecule is [2H]N(C(=O)C1(c2cccc(Cl)c2Cl)CC1)[C@H](C(=O)N[C@@H](CCC(=O)O)C(=O)O)C(C)C. The lowest BCUT2D eigenvalue weighted by Gasteiger charge is -2.26. The molecule has 1 fully saturated rings. The number of amides is 2. The fourth-order valence-electron chi connectivity index (χ4n) is 3.14. The summed E-state index contributed by atoms with van der Waals surface area (Å²) in [6.07, 6.45) is 0.0901. The predicted octanol–water partition coefficient (Wildman–Crippen LogP) is 2.60. The van der Waals surface area contributed by atoms with Crippen molar-refractivity contribution in [3.05, 3.63) is 33.8 Å². The second-order valence-electron chi connectivity index (χ2n) is 7.64. The molecule has 10 heteroatoms. The Labute approximate surface area is 185 Å². The molecule has 1 aliphatic rings. The van der Waals surface area contributed by atoms with Crippen molar-refractivity contribution in [3.63, 3.8) is 0 Å². The van der Waals surface area contributed by atoms with Crippen LogP contribution in [0.25, 0.3) is 0 Å². The molecule has 0 aliphatic heterocycles. The van der Waals surface area contributed by atoms with Crippen LogP contribution in [0.4, 0.5) is 0 Å². The molecule has 30 heavy (non-hydrogen) atoms.